The Balaban J connectivity index is 2.09. The van der Waals surface area contributed by atoms with Crippen molar-refractivity contribution in [2.24, 2.45) is 0 Å². The van der Waals surface area contributed by atoms with Crippen LogP contribution in [-0.4, -0.2) is 47.5 Å². The largest absolute Gasteiger partial charge is 0.493 e. The lowest BCUT2D eigenvalue weighted by Gasteiger charge is -2.31. The number of alkyl halides is 3. The number of quaternary nitrogens is 2. The summed E-state index contributed by atoms with van der Waals surface area (Å²) in [7, 11) is 4.65. The molecule has 0 radical (unpaired) electrons. The van der Waals surface area contributed by atoms with E-state index in [-0.39, 0.29) is 6.04 Å². The first-order valence-electron chi connectivity index (χ1n) is 9.52. The van der Waals surface area contributed by atoms with Gasteiger partial charge in [-0.15, -0.1) is 0 Å². The number of hydrogen-bond donors (Lipinski definition) is 2. The van der Waals surface area contributed by atoms with Gasteiger partial charge in [0.05, 0.1) is 26.9 Å². The van der Waals surface area contributed by atoms with Gasteiger partial charge in [0.25, 0.3) is 0 Å². The van der Waals surface area contributed by atoms with Crippen molar-refractivity contribution in [1.82, 2.24) is 0 Å². The zero-order chi connectivity index (χ0) is 21.0. The summed E-state index contributed by atoms with van der Waals surface area (Å²) in [5.41, 5.74) is 1.09. The molecule has 1 fully saturated rings. The second kappa shape index (κ2) is 8.92. The number of rotatable bonds is 6. The minimum Gasteiger partial charge on any atom is -0.493 e. The van der Waals surface area contributed by atoms with Crippen molar-refractivity contribution in [2.45, 2.75) is 12.2 Å². The second-order valence-corrected chi connectivity index (χ2v) is 7.04. The summed E-state index contributed by atoms with van der Waals surface area (Å²) in [5.74, 6) is 1.55. The Morgan fingerprint density at radius 2 is 1.41 bits per heavy atom. The van der Waals surface area contributed by atoms with Gasteiger partial charge >= 0.3 is 6.18 Å². The van der Waals surface area contributed by atoms with Gasteiger partial charge in [-0.3, -0.25) is 0 Å². The first kappa shape index (κ1) is 21.3. The number of nitrogens with two attached hydrogens (primary N) is 1. The third kappa shape index (κ3) is 4.59. The lowest BCUT2D eigenvalue weighted by Crippen LogP contribution is -3.20. The van der Waals surface area contributed by atoms with Crippen LogP contribution >= 0.6 is 0 Å². The molecule has 1 aliphatic rings. The van der Waals surface area contributed by atoms with Crippen LogP contribution in [0.1, 0.15) is 22.7 Å². The van der Waals surface area contributed by atoms with Crippen molar-refractivity contribution in [3.05, 3.63) is 53.1 Å². The Hall–Kier alpha value is -2.45. The van der Waals surface area contributed by atoms with E-state index in [1.807, 2.05) is 12.1 Å². The van der Waals surface area contributed by atoms with Crippen molar-refractivity contribution in [3.8, 4) is 17.2 Å². The smallest absolute Gasteiger partial charge is 0.416 e. The Labute approximate surface area is 168 Å². The summed E-state index contributed by atoms with van der Waals surface area (Å²) < 4.78 is 55.5. The van der Waals surface area contributed by atoms with Crippen molar-refractivity contribution in [2.75, 3.05) is 47.5 Å². The number of hydrogen-bond acceptors (Lipinski definition) is 3. The van der Waals surface area contributed by atoms with E-state index >= 15 is 0 Å². The molecule has 0 spiro atoms. The fourth-order valence-corrected chi connectivity index (χ4v) is 3.93. The second-order valence-electron chi connectivity index (χ2n) is 7.04. The van der Waals surface area contributed by atoms with Gasteiger partial charge in [-0.2, -0.15) is 13.2 Å². The number of piperazine rings is 1. The molecule has 5 nitrogen and oxygen atoms in total. The van der Waals surface area contributed by atoms with Crippen LogP contribution in [0.15, 0.2) is 36.4 Å². The molecule has 1 saturated heterocycles. The van der Waals surface area contributed by atoms with Crippen LogP contribution in [0.3, 0.4) is 0 Å². The third-order valence-electron chi connectivity index (χ3n) is 5.34. The van der Waals surface area contributed by atoms with Crippen LogP contribution in [0.2, 0.25) is 0 Å². The first-order chi connectivity index (χ1) is 13.9. The average Bonchev–Trinajstić information content (AvgIpc) is 2.73. The third-order valence-corrected chi connectivity index (χ3v) is 5.34. The van der Waals surface area contributed by atoms with Gasteiger partial charge in [0, 0.05) is 11.1 Å². The molecule has 3 rings (SSSR count). The maximum Gasteiger partial charge on any atom is 0.416 e. The monoisotopic (exact) mass is 412 g/mol. The predicted molar refractivity (Wildman–Crippen MR) is 102 cm³/mol. The molecule has 2 aromatic carbocycles. The summed E-state index contributed by atoms with van der Waals surface area (Å²) >= 11 is 0. The highest BCUT2D eigenvalue weighted by molar-refractivity contribution is 5.55. The van der Waals surface area contributed by atoms with Crippen molar-refractivity contribution in [3.63, 3.8) is 0 Å². The van der Waals surface area contributed by atoms with Crippen molar-refractivity contribution < 1.29 is 37.6 Å². The summed E-state index contributed by atoms with van der Waals surface area (Å²) in [4.78, 5) is 1.29. The van der Waals surface area contributed by atoms with E-state index in [0.717, 1.165) is 49.4 Å². The van der Waals surface area contributed by atoms with Gasteiger partial charge in [-0.1, -0.05) is 12.1 Å². The lowest BCUT2D eigenvalue weighted by molar-refractivity contribution is -0.967. The van der Waals surface area contributed by atoms with E-state index in [9.17, 15) is 13.2 Å². The zero-order valence-electron chi connectivity index (χ0n) is 16.8. The topological polar surface area (TPSA) is 48.7 Å². The fourth-order valence-electron chi connectivity index (χ4n) is 3.93. The molecule has 1 aliphatic heterocycles. The van der Waals surface area contributed by atoms with E-state index < -0.39 is 11.7 Å². The summed E-state index contributed by atoms with van der Waals surface area (Å²) in [6.45, 7) is 3.75. The SMILES string of the molecule is COc1cc([C@@H](c2ccc(C(F)(F)F)cc2)[NH+]2CC[NH2+]CC2)cc(OC)c1OC. The maximum atomic E-state index is 13.0. The van der Waals surface area contributed by atoms with E-state index in [0.29, 0.717) is 17.2 Å². The van der Waals surface area contributed by atoms with Crippen LogP contribution < -0.4 is 24.4 Å². The molecule has 2 aromatic rings. The van der Waals surface area contributed by atoms with E-state index in [2.05, 4.69) is 5.32 Å². The first-order valence-corrected chi connectivity index (χ1v) is 9.52. The predicted octanol–water partition coefficient (Wildman–Crippen LogP) is 1.28. The van der Waals surface area contributed by atoms with Gasteiger partial charge in [0.15, 0.2) is 11.5 Å². The quantitative estimate of drug-likeness (QED) is 0.752. The highest BCUT2D eigenvalue weighted by Crippen LogP contribution is 2.40. The van der Waals surface area contributed by atoms with Gasteiger partial charge in [-0.05, 0) is 24.3 Å². The Morgan fingerprint density at radius 3 is 1.86 bits per heavy atom. The van der Waals surface area contributed by atoms with Gasteiger partial charge in [-0.25, -0.2) is 0 Å². The number of methoxy groups -OCH3 is 3. The number of halogens is 3. The molecule has 1 atom stereocenters. The van der Waals surface area contributed by atoms with Crippen LogP contribution in [0.5, 0.6) is 17.2 Å². The molecule has 29 heavy (non-hydrogen) atoms. The molecule has 0 aromatic heterocycles. The Kier molecular flexibility index (Phi) is 6.54. The standard InChI is InChI=1S/C21H25F3N2O3/c1-27-17-12-15(13-18(28-2)20(17)29-3)19(26-10-8-25-9-11-26)14-4-6-16(7-5-14)21(22,23)24/h4-7,12-13,19,25H,8-11H2,1-3H3/p+2/t19-/m1/s1. The van der Waals surface area contributed by atoms with E-state index in [1.165, 1.54) is 4.90 Å². The van der Waals surface area contributed by atoms with Crippen LogP contribution in [0.25, 0.3) is 0 Å². The highest BCUT2D eigenvalue weighted by Gasteiger charge is 2.33. The summed E-state index contributed by atoms with van der Waals surface area (Å²) in [5, 5.41) is 2.25. The Bertz CT molecular complexity index is 794. The highest BCUT2D eigenvalue weighted by atomic mass is 19.4. The molecule has 1 heterocycles. The molecule has 158 valence electrons. The fraction of sp³-hybridized carbons (Fsp3) is 0.429. The zero-order valence-corrected chi connectivity index (χ0v) is 16.8. The number of benzene rings is 2. The summed E-state index contributed by atoms with van der Waals surface area (Å²) in [6.07, 6.45) is -4.35. The van der Waals surface area contributed by atoms with Crippen molar-refractivity contribution >= 4 is 0 Å². The maximum absolute atomic E-state index is 13.0. The number of nitrogens with one attached hydrogen (secondary N) is 1. The van der Waals surface area contributed by atoms with Crippen LogP contribution in [0, 0.1) is 0 Å². The molecule has 0 unspecified atom stereocenters. The minimum absolute atomic E-state index is 0.139. The van der Waals surface area contributed by atoms with Crippen LogP contribution in [0.4, 0.5) is 13.2 Å². The molecule has 3 N–H and O–H groups in total. The Morgan fingerprint density at radius 1 is 0.862 bits per heavy atom. The molecule has 0 aliphatic carbocycles. The average molecular weight is 412 g/mol. The minimum atomic E-state index is -4.35. The molecular formula is C21H27F3N2O3+2. The lowest BCUT2D eigenvalue weighted by atomic mass is 9.94. The molecule has 8 heteroatoms. The molecular weight excluding hydrogens is 385 g/mol. The van der Waals surface area contributed by atoms with Gasteiger partial charge < -0.3 is 24.4 Å². The molecule has 0 amide bonds. The number of ether oxygens (including phenoxy) is 3. The van der Waals surface area contributed by atoms with Gasteiger partial charge in [0.1, 0.15) is 32.2 Å². The molecule has 0 bridgehead atoms. The van der Waals surface area contributed by atoms with Gasteiger partial charge in [0.2, 0.25) is 5.75 Å². The van der Waals surface area contributed by atoms with Crippen LogP contribution in [-0.2, 0) is 6.18 Å². The molecule has 0 saturated carbocycles. The van der Waals surface area contributed by atoms with E-state index in [1.54, 1.807) is 33.5 Å². The van der Waals surface area contributed by atoms with E-state index in [4.69, 9.17) is 14.2 Å². The van der Waals surface area contributed by atoms with Crippen molar-refractivity contribution in [1.29, 1.82) is 0 Å². The summed E-state index contributed by atoms with van der Waals surface area (Å²) in [6, 6.07) is 9.07. The normalized spacial score (nSPS) is 16.3.